The van der Waals surface area contributed by atoms with Gasteiger partial charge in [0, 0.05) is 12.1 Å². The first-order valence-corrected chi connectivity index (χ1v) is 6.67. The molecule has 0 spiro atoms. The smallest absolute Gasteiger partial charge is 0.294 e. The molecule has 1 aromatic carbocycles. The summed E-state index contributed by atoms with van der Waals surface area (Å²) in [7, 11) is 0. The highest BCUT2D eigenvalue weighted by atomic mass is 35.5. The molecule has 0 bridgehead atoms. The lowest BCUT2D eigenvalue weighted by atomic mass is 9.95. The number of nitrogens with one attached hydrogen (secondary N) is 1. The molecule has 0 unspecified atom stereocenters. The number of nitro groups is 1. The summed E-state index contributed by atoms with van der Waals surface area (Å²) < 4.78 is 0. The second-order valence-electron chi connectivity index (χ2n) is 4.88. The summed E-state index contributed by atoms with van der Waals surface area (Å²) in [5, 5.41) is 14.8. The van der Waals surface area contributed by atoms with E-state index in [-0.39, 0.29) is 10.6 Å². The summed E-state index contributed by atoms with van der Waals surface area (Å²) in [4.78, 5) is 10.7. The Balaban J connectivity index is 2.27. The highest BCUT2D eigenvalue weighted by molar-refractivity contribution is 6.33. The van der Waals surface area contributed by atoms with Crippen LogP contribution >= 0.6 is 11.6 Å². The molecule has 5 heteroatoms. The van der Waals surface area contributed by atoms with Crippen LogP contribution in [-0.4, -0.2) is 11.0 Å². The van der Waals surface area contributed by atoms with E-state index in [0.717, 1.165) is 18.4 Å². The van der Waals surface area contributed by atoms with Crippen LogP contribution in [0.5, 0.6) is 0 Å². The lowest BCUT2D eigenvalue weighted by molar-refractivity contribution is -0.384. The maximum absolute atomic E-state index is 11.1. The standard InChI is InChI=1S/C13H17ClN2O2/c1-9-7-11(14)13(12(8-9)16(17)18)15-10-5-3-2-4-6-10/h7-8,10,15H,2-6H2,1H3. The summed E-state index contributed by atoms with van der Waals surface area (Å²) in [6.07, 6.45) is 5.72. The Hall–Kier alpha value is -1.29. The molecule has 1 N–H and O–H groups in total. The number of rotatable bonds is 3. The zero-order valence-electron chi connectivity index (χ0n) is 10.4. The number of benzene rings is 1. The van der Waals surface area contributed by atoms with E-state index in [4.69, 9.17) is 11.6 Å². The van der Waals surface area contributed by atoms with Gasteiger partial charge in [0.25, 0.3) is 5.69 Å². The first-order valence-electron chi connectivity index (χ1n) is 6.29. The molecule has 1 fully saturated rings. The lowest BCUT2D eigenvalue weighted by Crippen LogP contribution is -2.23. The van der Waals surface area contributed by atoms with Gasteiger partial charge in [0.1, 0.15) is 5.69 Å². The fourth-order valence-corrected chi connectivity index (χ4v) is 2.79. The first kappa shape index (κ1) is 13.1. The van der Waals surface area contributed by atoms with E-state index in [1.54, 1.807) is 12.1 Å². The van der Waals surface area contributed by atoms with Crippen molar-refractivity contribution in [1.82, 2.24) is 0 Å². The summed E-state index contributed by atoms with van der Waals surface area (Å²) in [6.45, 7) is 1.81. The lowest BCUT2D eigenvalue weighted by Gasteiger charge is -2.24. The van der Waals surface area contributed by atoms with Gasteiger partial charge >= 0.3 is 0 Å². The molecule has 0 atom stereocenters. The fourth-order valence-electron chi connectivity index (χ4n) is 2.46. The molecule has 1 aliphatic rings. The molecule has 1 aliphatic carbocycles. The van der Waals surface area contributed by atoms with Gasteiger partial charge in [0.15, 0.2) is 0 Å². The van der Waals surface area contributed by atoms with Crippen molar-refractivity contribution in [2.45, 2.75) is 45.1 Å². The molecule has 0 radical (unpaired) electrons. The van der Waals surface area contributed by atoms with Crippen molar-refractivity contribution in [2.75, 3.05) is 5.32 Å². The number of aryl methyl sites for hydroxylation is 1. The highest BCUT2D eigenvalue weighted by Crippen LogP contribution is 2.35. The van der Waals surface area contributed by atoms with Crippen LogP contribution < -0.4 is 5.32 Å². The van der Waals surface area contributed by atoms with Gasteiger partial charge in [-0.3, -0.25) is 10.1 Å². The summed E-state index contributed by atoms with van der Waals surface area (Å²) in [5.41, 5.74) is 1.35. The van der Waals surface area contributed by atoms with Crippen LogP contribution in [0, 0.1) is 17.0 Å². The second-order valence-corrected chi connectivity index (χ2v) is 5.28. The summed E-state index contributed by atoms with van der Waals surface area (Å²) >= 11 is 6.13. The van der Waals surface area contributed by atoms with Gasteiger partial charge in [-0.05, 0) is 31.4 Å². The summed E-state index contributed by atoms with van der Waals surface area (Å²) in [6, 6.07) is 3.63. The molecule has 0 aromatic heterocycles. The predicted octanol–water partition coefficient (Wildman–Crippen LogP) is 4.30. The van der Waals surface area contributed by atoms with Crippen molar-refractivity contribution >= 4 is 23.0 Å². The van der Waals surface area contributed by atoms with Gasteiger partial charge in [-0.2, -0.15) is 0 Å². The molecule has 18 heavy (non-hydrogen) atoms. The molecular formula is C13H17ClN2O2. The van der Waals surface area contributed by atoms with Crippen LogP contribution in [0.4, 0.5) is 11.4 Å². The van der Waals surface area contributed by atoms with Crippen LogP contribution in [0.2, 0.25) is 5.02 Å². The Labute approximate surface area is 111 Å². The monoisotopic (exact) mass is 268 g/mol. The number of nitro benzene ring substituents is 1. The molecule has 98 valence electrons. The summed E-state index contributed by atoms with van der Waals surface area (Å²) in [5.74, 6) is 0. The third kappa shape index (κ3) is 2.93. The van der Waals surface area contributed by atoms with E-state index in [2.05, 4.69) is 5.32 Å². The molecule has 1 saturated carbocycles. The van der Waals surface area contributed by atoms with Crippen molar-refractivity contribution in [3.05, 3.63) is 32.8 Å². The van der Waals surface area contributed by atoms with E-state index in [1.807, 2.05) is 6.92 Å². The Morgan fingerprint density at radius 3 is 2.61 bits per heavy atom. The van der Waals surface area contributed by atoms with Gasteiger partial charge in [-0.1, -0.05) is 30.9 Å². The third-order valence-electron chi connectivity index (χ3n) is 3.36. The van der Waals surface area contributed by atoms with E-state index in [1.165, 1.54) is 19.3 Å². The minimum Gasteiger partial charge on any atom is -0.376 e. The number of anilines is 1. The average molecular weight is 269 g/mol. The molecule has 0 amide bonds. The van der Waals surface area contributed by atoms with E-state index < -0.39 is 0 Å². The molecule has 0 saturated heterocycles. The van der Waals surface area contributed by atoms with Gasteiger partial charge < -0.3 is 5.32 Å². The predicted molar refractivity (Wildman–Crippen MR) is 73.3 cm³/mol. The largest absolute Gasteiger partial charge is 0.376 e. The number of hydrogen-bond donors (Lipinski definition) is 1. The third-order valence-corrected chi connectivity index (χ3v) is 3.66. The first-order chi connectivity index (χ1) is 8.58. The molecule has 4 nitrogen and oxygen atoms in total. The molecular weight excluding hydrogens is 252 g/mol. The quantitative estimate of drug-likeness (QED) is 0.657. The number of nitrogens with zero attached hydrogens (tertiary/aromatic N) is 1. The van der Waals surface area contributed by atoms with Crippen LogP contribution in [0.25, 0.3) is 0 Å². The Kier molecular flexibility index (Phi) is 4.07. The zero-order valence-corrected chi connectivity index (χ0v) is 11.2. The average Bonchev–Trinajstić information content (AvgIpc) is 2.33. The van der Waals surface area contributed by atoms with Crippen molar-refractivity contribution in [3.8, 4) is 0 Å². The maximum Gasteiger partial charge on any atom is 0.294 e. The number of hydrogen-bond acceptors (Lipinski definition) is 3. The van der Waals surface area contributed by atoms with Gasteiger partial charge in [-0.25, -0.2) is 0 Å². The molecule has 0 heterocycles. The van der Waals surface area contributed by atoms with Crippen LogP contribution in [0.1, 0.15) is 37.7 Å². The van der Waals surface area contributed by atoms with Crippen molar-refractivity contribution in [2.24, 2.45) is 0 Å². The van der Waals surface area contributed by atoms with Gasteiger partial charge in [-0.15, -0.1) is 0 Å². The fraction of sp³-hybridized carbons (Fsp3) is 0.538. The zero-order chi connectivity index (χ0) is 13.1. The van der Waals surface area contributed by atoms with Crippen molar-refractivity contribution < 1.29 is 4.92 Å². The topological polar surface area (TPSA) is 55.2 Å². The van der Waals surface area contributed by atoms with Crippen LogP contribution in [0.15, 0.2) is 12.1 Å². The van der Waals surface area contributed by atoms with Crippen LogP contribution in [-0.2, 0) is 0 Å². The second kappa shape index (κ2) is 5.57. The highest BCUT2D eigenvalue weighted by Gasteiger charge is 2.22. The van der Waals surface area contributed by atoms with E-state index in [0.29, 0.717) is 16.8 Å². The SMILES string of the molecule is Cc1cc(Cl)c(NC2CCCCC2)c([N+](=O)[O-])c1. The van der Waals surface area contributed by atoms with Gasteiger partial charge in [0.05, 0.1) is 9.95 Å². The minimum atomic E-state index is -0.371. The van der Waals surface area contributed by atoms with Crippen molar-refractivity contribution in [3.63, 3.8) is 0 Å². The normalized spacial score (nSPS) is 16.6. The molecule has 1 aromatic rings. The number of halogens is 1. The maximum atomic E-state index is 11.1. The van der Waals surface area contributed by atoms with Gasteiger partial charge in [0.2, 0.25) is 0 Å². The minimum absolute atomic E-state index is 0.0746. The van der Waals surface area contributed by atoms with E-state index >= 15 is 0 Å². The van der Waals surface area contributed by atoms with Crippen molar-refractivity contribution in [1.29, 1.82) is 0 Å². The Bertz CT molecular complexity index is 457. The Morgan fingerprint density at radius 1 is 1.33 bits per heavy atom. The molecule has 2 rings (SSSR count). The Morgan fingerprint density at radius 2 is 2.00 bits per heavy atom. The van der Waals surface area contributed by atoms with E-state index in [9.17, 15) is 10.1 Å². The molecule has 0 aliphatic heterocycles. The van der Waals surface area contributed by atoms with Crippen LogP contribution in [0.3, 0.4) is 0 Å².